The highest BCUT2D eigenvalue weighted by molar-refractivity contribution is 7.13. The largest absolute Gasteiger partial charge is 0.494 e. The van der Waals surface area contributed by atoms with Crippen molar-refractivity contribution in [2.45, 2.75) is 39.7 Å². The predicted molar refractivity (Wildman–Crippen MR) is 101 cm³/mol. The molecule has 0 fully saturated rings. The Morgan fingerprint density at radius 2 is 1.96 bits per heavy atom. The van der Waals surface area contributed by atoms with Crippen LogP contribution in [0.4, 0.5) is 0 Å². The van der Waals surface area contributed by atoms with Gasteiger partial charge in [-0.15, -0.1) is 11.3 Å². The van der Waals surface area contributed by atoms with E-state index in [1.165, 1.54) is 11.3 Å². The Bertz CT molecular complexity index is 742. The van der Waals surface area contributed by atoms with E-state index >= 15 is 0 Å². The van der Waals surface area contributed by atoms with Gasteiger partial charge < -0.3 is 15.2 Å². The molecule has 2 rings (SSSR count). The molecule has 2 N–H and O–H groups in total. The summed E-state index contributed by atoms with van der Waals surface area (Å²) in [6.07, 6.45) is 0.740. The lowest BCUT2D eigenvalue weighted by atomic mass is 9.99. The first-order valence-electron chi connectivity index (χ1n) is 8.64. The molecule has 6 nitrogen and oxygen atoms in total. The fourth-order valence-corrected chi connectivity index (χ4v) is 3.28. The number of hydrogen-bond donors (Lipinski definition) is 2. The number of amides is 1. The number of aromatic nitrogens is 1. The molecule has 26 heavy (non-hydrogen) atoms. The standard InChI is InChI=1S/C19H24N2O4S/c1-4-12(3)17(19(23)24)21-16(22)10-14-11-26-18(20-14)13-6-8-15(9-7-13)25-5-2/h6-9,11-12,17H,4-5,10H2,1-3H3,(H,21,22)(H,23,24). The number of aliphatic carboxylic acids is 1. The molecule has 0 spiro atoms. The number of carboxylic acids is 1. The van der Waals surface area contributed by atoms with Gasteiger partial charge >= 0.3 is 5.97 Å². The highest BCUT2D eigenvalue weighted by atomic mass is 32.1. The Morgan fingerprint density at radius 1 is 1.27 bits per heavy atom. The van der Waals surface area contributed by atoms with Crippen LogP contribution in [0.1, 0.15) is 32.9 Å². The van der Waals surface area contributed by atoms with E-state index in [4.69, 9.17) is 4.74 Å². The molecule has 0 radical (unpaired) electrons. The van der Waals surface area contributed by atoms with Crippen molar-refractivity contribution in [2.75, 3.05) is 6.61 Å². The van der Waals surface area contributed by atoms with Crippen molar-refractivity contribution >= 4 is 23.2 Å². The first kappa shape index (κ1) is 19.9. The summed E-state index contributed by atoms with van der Waals surface area (Å²) >= 11 is 1.45. The van der Waals surface area contributed by atoms with Gasteiger partial charge in [0, 0.05) is 10.9 Å². The monoisotopic (exact) mass is 376 g/mol. The van der Waals surface area contributed by atoms with Crippen molar-refractivity contribution in [1.82, 2.24) is 10.3 Å². The Hall–Kier alpha value is -2.41. The number of hydrogen-bond acceptors (Lipinski definition) is 5. The molecule has 140 valence electrons. The Morgan fingerprint density at radius 3 is 2.54 bits per heavy atom. The van der Waals surface area contributed by atoms with E-state index in [1.807, 2.05) is 50.4 Å². The van der Waals surface area contributed by atoms with Crippen LogP contribution in [-0.2, 0) is 16.0 Å². The summed E-state index contributed by atoms with van der Waals surface area (Å²) in [5.41, 5.74) is 1.58. The van der Waals surface area contributed by atoms with Gasteiger partial charge in [-0.3, -0.25) is 4.79 Å². The SMILES string of the molecule is CCOc1ccc(-c2nc(CC(=O)NC(C(=O)O)C(C)CC)cs2)cc1. The van der Waals surface area contributed by atoms with Crippen molar-refractivity contribution in [3.05, 3.63) is 35.3 Å². The number of nitrogens with one attached hydrogen (secondary N) is 1. The van der Waals surface area contributed by atoms with Gasteiger partial charge in [0.25, 0.3) is 0 Å². The molecule has 1 heterocycles. The van der Waals surface area contributed by atoms with Gasteiger partial charge in [-0.1, -0.05) is 20.3 Å². The highest BCUT2D eigenvalue weighted by Crippen LogP contribution is 2.26. The van der Waals surface area contributed by atoms with Crippen LogP contribution >= 0.6 is 11.3 Å². The third-order valence-electron chi connectivity index (χ3n) is 4.10. The van der Waals surface area contributed by atoms with E-state index in [0.717, 1.165) is 16.3 Å². The molecule has 0 aliphatic carbocycles. The summed E-state index contributed by atoms with van der Waals surface area (Å²) in [5.74, 6) is -0.675. The molecule has 0 saturated carbocycles. The number of thiazole rings is 1. The van der Waals surface area contributed by atoms with Crippen LogP contribution in [0.25, 0.3) is 10.6 Å². The smallest absolute Gasteiger partial charge is 0.326 e. The van der Waals surface area contributed by atoms with Crippen LogP contribution in [0.15, 0.2) is 29.6 Å². The summed E-state index contributed by atoms with van der Waals surface area (Å²) in [7, 11) is 0. The Labute approximate surface area is 157 Å². The van der Waals surface area contributed by atoms with Crippen molar-refractivity contribution in [3.63, 3.8) is 0 Å². The van der Waals surface area contributed by atoms with E-state index in [1.54, 1.807) is 0 Å². The van der Waals surface area contributed by atoms with Gasteiger partial charge in [0.2, 0.25) is 5.91 Å². The fraction of sp³-hybridized carbons (Fsp3) is 0.421. The maximum atomic E-state index is 12.2. The zero-order valence-corrected chi connectivity index (χ0v) is 16.0. The van der Waals surface area contributed by atoms with Gasteiger partial charge in [-0.25, -0.2) is 9.78 Å². The van der Waals surface area contributed by atoms with E-state index in [9.17, 15) is 14.7 Å². The minimum absolute atomic E-state index is 0.0632. The van der Waals surface area contributed by atoms with Gasteiger partial charge in [0.05, 0.1) is 18.7 Å². The molecular formula is C19H24N2O4S. The topological polar surface area (TPSA) is 88.5 Å². The number of carbonyl (C=O) groups excluding carboxylic acids is 1. The molecule has 2 atom stereocenters. The summed E-state index contributed by atoms with van der Waals surface area (Å²) in [6, 6.07) is 6.75. The van der Waals surface area contributed by atoms with E-state index in [0.29, 0.717) is 18.7 Å². The molecule has 0 saturated heterocycles. The first-order valence-corrected chi connectivity index (χ1v) is 9.52. The summed E-state index contributed by atoms with van der Waals surface area (Å²) in [6.45, 7) is 6.26. The number of nitrogens with zero attached hydrogens (tertiary/aromatic N) is 1. The molecule has 2 aromatic rings. The molecule has 0 aliphatic heterocycles. The minimum atomic E-state index is -1.01. The van der Waals surface area contributed by atoms with Gasteiger partial charge in [0.15, 0.2) is 0 Å². The van der Waals surface area contributed by atoms with Crippen LogP contribution in [0.3, 0.4) is 0 Å². The van der Waals surface area contributed by atoms with Crippen molar-refractivity contribution in [1.29, 1.82) is 0 Å². The Balaban J connectivity index is 2.00. The van der Waals surface area contributed by atoms with Gasteiger partial charge in [-0.2, -0.15) is 0 Å². The van der Waals surface area contributed by atoms with Crippen LogP contribution in [-0.4, -0.2) is 34.6 Å². The third-order valence-corrected chi connectivity index (χ3v) is 5.04. The zero-order chi connectivity index (χ0) is 19.1. The maximum absolute atomic E-state index is 12.2. The van der Waals surface area contributed by atoms with E-state index < -0.39 is 12.0 Å². The molecule has 7 heteroatoms. The lowest BCUT2D eigenvalue weighted by molar-refractivity contribution is -0.143. The minimum Gasteiger partial charge on any atom is -0.494 e. The Kier molecular flexibility index (Phi) is 7.15. The lowest BCUT2D eigenvalue weighted by Crippen LogP contribution is -2.45. The van der Waals surface area contributed by atoms with Crippen LogP contribution in [0.2, 0.25) is 0 Å². The average molecular weight is 376 g/mol. The number of benzene rings is 1. The van der Waals surface area contributed by atoms with Crippen LogP contribution < -0.4 is 10.1 Å². The molecule has 1 amide bonds. The summed E-state index contributed by atoms with van der Waals surface area (Å²) < 4.78 is 5.42. The summed E-state index contributed by atoms with van der Waals surface area (Å²) in [4.78, 5) is 28.0. The highest BCUT2D eigenvalue weighted by Gasteiger charge is 2.25. The first-order chi connectivity index (χ1) is 12.4. The maximum Gasteiger partial charge on any atom is 0.326 e. The van der Waals surface area contributed by atoms with Gasteiger partial charge in [0.1, 0.15) is 16.8 Å². The van der Waals surface area contributed by atoms with Crippen LogP contribution in [0, 0.1) is 5.92 Å². The van der Waals surface area contributed by atoms with E-state index in [2.05, 4.69) is 10.3 Å². The number of rotatable bonds is 9. The second-order valence-corrected chi connectivity index (χ2v) is 6.91. The second kappa shape index (κ2) is 9.33. The second-order valence-electron chi connectivity index (χ2n) is 6.05. The molecule has 1 aromatic carbocycles. The van der Waals surface area contributed by atoms with Crippen LogP contribution in [0.5, 0.6) is 5.75 Å². The molecule has 1 aromatic heterocycles. The quantitative estimate of drug-likeness (QED) is 0.700. The van der Waals surface area contributed by atoms with E-state index in [-0.39, 0.29) is 18.2 Å². The number of ether oxygens (including phenoxy) is 1. The van der Waals surface area contributed by atoms with Crippen molar-refractivity contribution < 1.29 is 19.4 Å². The lowest BCUT2D eigenvalue weighted by Gasteiger charge is -2.19. The fourth-order valence-electron chi connectivity index (χ4n) is 2.45. The summed E-state index contributed by atoms with van der Waals surface area (Å²) in [5, 5.41) is 14.5. The predicted octanol–water partition coefficient (Wildman–Crippen LogP) is 3.37. The zero-order valence-electron chi connectivity index (χ0n) is 15.2. The average Bonchev–Trinajstić information content (AvgIpc) is 3.08. The normalized spacial score (nSPS) is 13.0. The molecule has 0 bridgehead atoms. The van der Waals surface area contributed by atoms with Gasteiger partial charge in [-0.05, 0) is 37.1 Å². The molecular weight excluding hydrogens is 352 g/mol. The number of carboxylic acid groups (broad SMARTS) is 1. The number of carbonyl (C=O) groups is 2. The molecule has 2 unspecified atom stereocenters. The molecule has 0 aliphatic rings. The van der Waals surface area contributed by atoms with Crippen molar-refractivity contribution in [3.8, 4) is 16.3 Å². The third kappa shape index (κ3) is 5.29. The van der Waals surface area contributed by atoms with Crippen molar-refractivity contribution in [2.24, 2.45) is 5.92 Å².